The molecule has 0 bridgehead atoms. The van der Waals surface area contributed by atoms with Gasteiger partial charge in [0.15, 0.2) is 5.82 Å². The molecule has 0 fully saturated rings. The highest BCUT2D eigenvalue weighted by Gasteiger charge is 2.15. The molecule has 0 radical (unpaired) electrons. The number of nitrogens with zero attached hydrogens (tertiary/aromatic N) is 5. The maximum atomic E-state index is 9.02. The van der Waals surface area contributed by atoms with Crippen LogP contribution < -0.4 is 0 Å². The maximum absolute atomic E-state index is 9.02. The zero-order valence-corrected chi connectivity index (χ0v) is 9.85. The molecule has 0 aliphatic carbocycles. The first kappa shape index (κ1) is 9.93. The van der Waals surface area contributed by atoms with Crippen LogP contribution >= 0.6 is 15.9 Å². The first-order valence-electron chi connectivity index (χ1n) is 4.28. The quantitative estimate of drug-likeness (QED) is 0.786. The summed E-state index contributed by atoms with van der Waals surface area (Å²) in [6, 6.07) is 3.94. The van der Waals surface area contributed by atoms with Gasteiger partial charge in [0.2, 0.25) is 0 Å². The molecule has 2 aromatic rings. The Balaban J connectivity index is 2.67. The van der Waals surface area contributed by atoms with Crippen LogP contribution in [0.3, 0.4) is 0 Å². The lowest BCUT2D eigenvalue weighted by Crippen LogP contribution is -2.04. The van der Waals surface area contributed by atoms with Crippen LogP contribution in [0, 0.1) is 18.3 Å². The first-order chi connectivity index (χ1) is 7.13. The van der Waals surface area contributed by atoms with Gasteiger partial charge in [-0.2, -0.15) is 15.5 Å². The summed E-state index contributed by atoms with van der Waals surface area (Å²) < 4.78 is 4.00. The monoisotopic (exact) mass is 265 g/mol. The van der Waals surface area contributed by atoms with E-state index in [0.717, 1.165) is 4.60 Å². The van der Waals surface area contributed by atoms with Gasteiger partial charge in [-0.25, -0.2) is 9.36 Å². The molecular weight excluding hydrogens is 258 g/mol. The van der Waals surface area contributed by atoms with Gasteiger partial charge >= 0.3 is 0 Å². The lowest BCUT2D eigenvalue weighted by atomic mass is 10.3. The number of hydrogen-bond acceptors (Lipinski definition) is 3. The van der Waals surface area contributed by atoms with Crippen molar-refractivity contribution in [1.82, 2.24) is 19.6 Å². The molecule has 5 nitrogen and oxygen atoms in total. The molecule has 0 amide bonds. The Bertz CT molecular complexity index is 545. The highest BCUT2D eigenvalue weighted by atomic mass is 79.9. The van der Waals surface area contributed by atoms with E-state index in [2.05, 4.69) is 32.2 Å². The van der Waals surface area contributed by atoms with Gasteiger partial charge in [-0.3, -0.25) is 0 Å². The Labute approximate surface area is 95.1 Å². The fraction of sp³-hybridized carbons (Fsp3) is 0.222. The SMILES string of the molecule is Cc1nn(C)c(-n2ccc(Br)n2)c1C#N. The van der Waals surface area contributed by atoms with Gasteiger partial charge < -0.3 is 0 Å². The van der Waals surface area contributed by atoms with Crippen molar-refractivity contribution in [1.29, 1.82) is 5.26 Å². The van der Waals surface area contributed by atoms with E-state index in [1.807, 2.05) is 6.07 Å². The van der Waals surface area contributed by atoms with Crippen LogP contribution in [0.1, 0.15) is 11.3 Å². The number of aromatic nitrogens is 4. The van der Waals surface area contributed by atoms with E-state index in [1.54, 1.807) is 29.5 Å². The largest absolute Gasteiger partial charge is 0.250 e. The summed E-state index contributed by atoms with van der Waals surface area (Å²) in [7, 11) is 1.79. The zero-order chi connectivity index (χ0) is 11.0. The zero-order valence-electron chi connectivity index (χ0n) is 8.27. The predicted molar refractivity (Wildman–Crippen MR) is 57.5 cm³/mol. The fourth-order valence-electron chi connectivity index (χ4n) is 1.46. The summed E-state index contributed by atoms with van der Waals surface area (Å²) in [5.41, 5.74) is 1.26. The van der Waals surface area contributed by atoms with Gasteiger partial charge in [-0.15, -0.1) is 0 Å². The number of halogens is 1. The van der Waals surface area contributed by atoms with Crippen LogP contribution in [0.25, 0.3) is 5.82 Å². The molecule has 0 saturated heterocycles. The van der Waals surface area contributed by atoms with E-state index < -0.39 is 0 Å². The Hall–Kier alpha value is -1.61. The molecule has 0 spiro atoms. The van der Waals surface area contributed by atoms with Crippen LogP contribution in [-0.4, -0.2) is 19.6 Å². The molecule has 0 aromatic carbocycles. The minimum absolute atomic E-state index is 0.549. The van der Waals surface area contributed by atoms with Crippen molar-refractivity contribution in [3.05, 3.63) is 28.1 Å². The fourth-order valence-corrected chi connectivity index (χ4v) is 1.75. The standard InChI is InChI=1S/C9H8BrN5/c1-6-7(5-11)9(14(2)12-6)15-4-3-8(10)13-15/h3-4H,1-2H3. The molecule has 0 aliphatic rings. The van der Waals surface area contributed by atoms with Gasteiger partial charge in [-0.1, -0.05) is 0 Å². The summed E-state index contributed by atoms with van der Waals surface area (Å²) >= 11 is 3.26. The van der Waals surface area contributed by atoms with Crippen LogP contribution in [-0.2, 0) is 7.05 Å². The maximum Gasteiger partial charge on any atom is 0.169 e. The third-order valence-electron chi connectivity index (χ3n) is 2.08. The highest BCUT2D eigenvalue weighted by Crippen LogP contribution is 2.17. The average molecular weight is 266 g/mol. The molecule has 0 unspecified atom stereocenters. The molecule has 2 heterocycles. The van der Waals surface area contributed by atoms with Gasteiger partial charge in [0.25, 0.3) is 0 Å². The minimum Gasteiger partial charge on any atom is -0.250 e. The predicted octanol–water partition coefficient (Wildman–Crippen LogP) is 1.55. The number of hydrogen-bond donors (Lipinski definition) is 0. The summed E-state index contributed by atoms with van der Waals surface area (Å²) in [6.45, 7) is 1.81. The number of rotatable bonds is 1. The van der Waals surface area contributed by atoms with E-state index in [1.165, 1.54) is 0 Å². The van der Waals surface area contributed by atoms with Crippen molar-refractivity contribution in [2.45, 2.75) is 6.92 Å². The van der Waals surface area contributed by atoms with Crippen molar-refractivity contribution in [2.24, 2.45) is 7.05 Å². The topological polar surface area (TPSA) is 59.4 Å². The normalized spacial score (nSPS) is 10.3. The van der Waals surface area contributed by atoms with Gasteiger partial charge in [0.05, 0.1) is 5.69 Å². The molecule has 6 heteroatoms. The summed E-state index contributed by atoms with van der Waals surface area (Å²) in [5, 5.41) is 17.4. The lowest BCUT2D eigenvalue weighted by Gasteiger charge is -2.01. The van der Waals surface area contributed by atoms with Crippen LogP contribution in [0.15, 0.2) is 16.9 Å². The molecule has 0 saturated carbocycles. The van der Waals surface area contributed by atoms with Gasteiger partial charge in [-0.05, 0) is 28.9 Å². The smallest absolute Gasteiger partial charge is 0.169 e. The molecular formula is C9H8BrN5. The van der Waals surface area contributed by atoms with Crippen molar-refractivity contribution >= 4 is 15.9 Å². The van der Waals surface area contributed by atoms with Crippen molar-refractivity contribution in [2.75, 3.05) is 0 Å². The molecule has 0 N–H and O–H groups in total. The highest BCUT2D eigenvalue weighted by molar-refractivity contribution is 9.10. The summed E-state index contributed by atoms with van der Waals surface area (Å²) in [5.74, 6) is 0.681. The van der Waals surface area contributed by atoms with E-state index in [9.17, 15) is 0 Å². The number of nitriles is 1. The molecule has 0 aliphatic heterocycles. The lowest BCUT2D eigenvalue weighted by molar-refractivity contribution is 0.691. The van der Waals surface area contributed by atoms with E-state index in [-0.39, 0.29) is 0 Å². The first-order valence-corrected chi connectivity index (χ1v) is 5.08. The number of aryl methyl sites for hydroxylation is 2. The average Bonchev–Trinajstić information content (AvgIpc) is 2.70. The second-order valence-electron chi connectivity index (χ2n) is 3.10. The Morgan fingerprint density at radius 2 is 2.20 bits per heavy atom. The van der Waals surface area contributed by atoms with E-state index in [4.69, 9.17) is 5.26 Å². The second-order valence-corrected chi connectivity index (χ2v) is 3.91. The molecule has 76 valence electrons. The summed E-state index contributed by atoms with van der Waals surface area (Å²) in [6.07, 6.45) is 1.78. The van der Waals surface area contributed by atoms with Crippen LogP contribution in [0.4, 0.5) is 0 Å². The van der Waals surface area contributed by atoms with Crippen molar-refractivity contribution < 1.29 is 0 Å². The third kappa shape index (κ3) is 1.55. The van der Waals surface area contributed by atoms with Crippen LogP contribution in [0.2, 0.25) is 0 Å². The molecule has 2 rings (SSSR count). The van der Waals surface area contributed by atoms with Gasteiger partial charge in [0.1, 0.15) is 16.2 Å². The Morgan fingerprint density at radius 3 is 2.73 bits per heavy atom. The second kappa shape index (κ2) is 3.51. The minimum atomic E-state index is 0.549. The van der Waals surface area contributed by atoms with E-state index >= 15 is 0 Å². The third-order valence-corrected chi connectivity index (χ3v) is 2.50. The Kier molecular flexibility index (Phi) is 2.32. The summed E-state index contributed by atoms with van der Waals surface area (Å²) in [4.78, 5) is 0. The van der Waals surface area contributed by atoms with Crippen molar-refractivity contribution in [3.8, 4) is 11.9 Å². The van der Waals surface area contributed by atoms with Gasteiger partial charge in [0, 0.05) is 13.2 Å². The molecule has 0 atom stereocenters. The molecule has 15 heavy (non-hydrogen) atoms. The Morgan fingerprint density at radius 1 is 1.47 bits per heavy atom. The van der Waals surface area contributed by atoms with E-state index in [0.29, 0.717) is 17.1 Å². The van der Waals surface area contributed by atoms with Crippen LogP contribution in [0.5, 0.6) is 0 Å². The van der Waals surface area contributed by atoms with Crippen molar-refractivity contribution in [3.63, 3.8) is 0 Å². The molecule has 2 aromatic heterocycles.